The zero-order valence-corrected chi connectivity index (χ0v) is 14.1. The van der Waals surface area contributed by atoms with Crippen LogP contribution in [-0.4, -0.2) is 37.1 Å². The Kier molecular flexibility index (Phi) is 5.21. The minimum atomic E-state index is -0.726. The molecule has 1 aliphatic heterocycles. The number of hydrogen-bond acceptors (Lipinski definition) is 2. The second-order valence-electron chi connectivity index (χ2n) is 5.41. The zero-order chi connectivity index (χ0) is 16.2. The average Bonchev–Trinajstić information content (AvgIpc) is 2.62. The molecule has 1 unspecified atom stereocenters. The minimum absolute atomic E-state index is 0.0986. The summed E-state index contributed by atoms with van der Waals surface area (Å²) in [7, 11) is 0. The van der Waals surface area contributed by atoms with E-state index in [-0.39, 0.29) is 5.91 Å². The third-order valence-corrected chi connectivity index (χ3v) is 4.66. The van der Waals surface area contributed by atoms with Gasteiger partial charge in [0.1, 0.15) is 5.38 Å². The summed E-state index contributed by atoms with van der Waals surface area (Å²) in [6.45, 7) is 2.28. The maximum atomic E-state index is 12.5. The third-order valence-electron chi connectivity index (χ3n) is 3.91. The number of halogens is 2. The van der Waals surface area contributed by atoms with Gasteiger partial charge in [0.2, 0.25) is 5.91 Å². The van der Waals surface area contributed by atoms with Crippen molar-refractivity contribution in [3.63, 3.8) is 0 Å². The number of nitrogens with zero attached hydrogens (tertiary/aromatic N) is 1. The van der Waals surface area contributed by atoms with Crippen LogP contribution in [0.4, 0.5) is 0 Å². The Balaban J connectivity index is 1.80. The standard InChI is InChI=1S/C18H17Cl2NO2/c19-16-12-14(6-7-15(16)13-4-2-1-3-5-13)17(20)18(22)21-8-10-23-11-9-21/h1-7,12,17H,8-11H2. The summed E-state index contributed by atoms with van der Waals surface area (Å²) in [6, 6.07) is 15.4. The predicted octanol–water partition coefficient (Wildman–Crippen LogP) is 4.15. The summed E-state index contributed by atoms with van der Waals surface area (Å²) >= 11 is 12.8. The number of hydrogen-bond donors (Lipinski definition) is 0. The Morgan fingerprint density at radius 3 is 2.43 bits per heavy atom. The van der Waals surface area contributed by atoms with E-state index in [4.69, 9.17) is 27.9 Å². The maximum Gasteiger partial charge on any atom is 0.245 e. The molecule has 0 bridgehead atoms. The van der Waals surface area contributed by atoms with Crippen LogP contribution < -0.4 is 0 Å². The van der Waals surface area contributed by atoms with Crippen LogP contribution >= 0.6 is 23.2 Å². The fraction of sp³-hybridized carbons (Fsp3) is 0.278. The summed E-state index contributed by atoms with van der Waals surface area (Å²) in [4.78, 5) is 14.2. The molecular weight excluding hydrogens is 333 g/mol. The molecule has 0 spiro atoms. The molecule has 1 aliphatic rings. The van der Waals surface area contributed by atoms with Gasteiger partial charge >= 0.3 is 0 Å². The summed E-state index contributed by atoms with van der Waals surface area (Å²) in [5.74, 6) is -0.0986. The monoisotopic (exact) mass is 349 g/mol. The Hall–Kier alpha value is -1.55. The van der Waals surface area contributed by atoms with Gasteiger partial charge in [-0.25, -0.2) is 0 Å². The number of alkyl halides is 1. The van der Waals surface area contributed by atoms with Crippen LogP contribution in [0.25, 0.3) is 11.1 Å². The summed E-state index contributed by atoms with van der Waals surface area (Å²) in [6.07, 6.45) is 0. The third kappa shape index (κ3) is 3.69. The first kappa shape index (κ1) is 16.3. The molecule has 3 rings (SSSR count). The van der Waals surface area contributed by atoms with E-state index >= 15 is 0 Å². The molecule has 1 saturated heterocycles. The van der Waals surface area contributed by atoms with E-state index in [1.54, 1.807) is 11.0 Å². The number of morpholine rings is 1. The van der Waals surface area contributed by atoms with Crippen molar-refractivity contribution in [3.05, 3.63) is 59.1 Å². The number of rotatable bonds is 3. The molecule has 0 radical (unpaired) electrons. The first-order valence-electron chi connectivity index (χ1n) is 7.52. The second kappa shape index (κ2) is 7.35. The maximum absolute atomic E-state index is 12.5. The van der Waals surface area contributed by atoms with Crippen molar-refractivity contribution >= 4 is 29.1 Å². The largest absolute Gasteiger partial charge is 0.378 e. The van der Waals surface area contributed by atoms with E-state index in [1.165, 1.54) is 0 Å². The smallest absolute Gasteiger partial charge is 0.245 e. The normalized spacial score (nSPS) is 16.2. The van der Waals surface area contributed by atoms with Crippen LogP contribution in [0.15, 0.2) is 48.5 Å². The first-order chi connectivity index (χ1) is 11.2. The SMILES string of the molecule is O=C(C(Cl)c1ccc(-c2ccccc2)c(Cl)c1)N1CCOCC1. The van der Waals surface area contributed by atoms with Crippen molar-refractivity contribution in [2.24, 2.45) is 0 Å². The van der Waals surface area contributed by atoms with Crippen molar-refractivity contribution in [1.29, 1.82) is 0 Å². The topological polar surface area (TPSA) is 29.5 Å². The Bertz CT molecular complexity index is 685. The fourth-order valence-electron chi connectivity index (χ4n) is 2.63. The van der Waals surface area contributed by atoms with Gasteiger partial charge < -0.3 is 9.64 Å². The molecule has 0 aliphatic carbocycles. The van der Waals surface area contributed by atoms with Gasteiger partial charge in [-0.1, -0.05) is 54.1 Å². The molecule has 1 atom stereocenters. The zero-order valence-electron chi connectivity index (χ0n) is 12.5. The van der Waals surface area contributed by atoms with Crippen LogP contribution in [0.2, 0.25) is 5.02 Å². The highest BCUT2D eigenvalue weighted by atomic mass is 35.5. The molecular formula is C18H17Cl2NO2. The van der Waals surface area contributed by atoms with E-state index in [2.05, 4.69) is 0 Å². The summed E-state index contributed by atoms with van der Waals surface area (Å²) in [5.41, 5.74) is 2.68. The van der Waals surface area contributed by atoms with Crippen molar-refractivity contribution < 1.29 is 9.53 Å². The number of carbonyl (C=O) groups is 1. The minimum Gasteiger partial charge on any atom is -0.378 e. The van der Waals surface area contributed by atoms with Crippen LogP contribution in [0.5, 0.6) is 0 Å². The van der Waals surface area contributed by atoms with Gasteiger partial charge in [-0.3, -0.25) is 4.79 Å². The lowest BCUT2D eigenvalue weighted by Gasteiger charge is -2.28. The summed E-state index contributed by atoms with van der Waals surface area (Å²) in [5, 5.41) is -0.135. The van der Waals surface area contributed by atoms with Gasteiger partial charge in [0.05, 0.1) is 13.2 Å². The van der Waals surface area contributed by atoms with Crippen molar-refractivity contribution in [2.75, 3.05) is 26.3 Å². The number of amides is 1. The first-order valence-corrected chi connectivity index (χ1v) is 8.34. The van der Waals surface area contributed by atoms with Crippen molar-refractivity contribution in [3.8, 4) is 11.1 Å². The van der Waals surface area contributed by atoms with Crippen molar-refractivity contribution in [1.82, 2.24) is 4.90 Å². The highest BCUT2D eigenvalue weighted by molar-refractivity contribution is 6.34. The lowest BCUT2D eigenvalue weighted by atomic mass is 10.0. The number of benzene rings is 2. The molecule has 1 amide bonds. The van der Waals surface area contributed by atoms with Crippen LogP contribution in [0, 0.1) is 0 Å². The lowest BCUT2D eigenvalue weighted by Crippen LogP contribution is -2.42. The van der Waals surface area contributed by atoms with E-state index in [0.717, 1.165) is 11.1 Å². The van der Waals surface area contributed by atoms with E-state index in [0.29, 0.717) is 36.9 Å². The second-order valence-corrected chi connectivity index (χ2v) is 6.25. The highest BCUT2D eigenvalue weighted by Crippen LogP contribution is 2.32. The molecule has 0 saturated carbocycles. The van der Waals surface area contributed by atoms with E-state index in [9.17, 15) is 4.79 Å². The molecule has 120 valence electrons. The number of ether oxygens (including phenoxy) is 1. The van der Waals surface area contributed by atoms with Crippen LogP contribution in [0.1, 0.15) is 10.9 Å². The van der Waals surface area contributed by atoms with Gasteiger partial charge in [-0.05, 0) is 17.2 Å². The van der Waals surface area contributed by atoms with Crippen LogP contribution in [-0.2, 0) is 9.53 Å². The Morgan fingerprint density at radius 1 is 1.09 bits per heavy atom. The summed E-state index contributed by atoms with van der Waals surface area (Å²) < 4.78 is 5.26. The fourth-order valence-corrected chi connectivity index (χ4v) is 3.20. The molecule has 23 heavy (non-hydrogen) atoms. The molecule has 1 heterocycles. The molecule has 3 nitrogen and oxygen atoms in total. The van der Waals surface area contributed by atoms with Crippen LogP contribution in [0.3, 0.4) is 0 Å². The molecule has 2 aromatic rings. The number of carbonyl (C=O) groups excluding carboxylic acids is 1. The van der Waals surface area contributed by atoms with Gasteiger partial charge in [-0.2, -0.15) is 0 Å². The average molecular weight is 350 g/mol. The highest BCUT2D eigenvalue weighted by Gasteiger charge is 2.25. The van der Waals surface area contributed by atoms with E-state index in [1.807, 2.05) is 42.5 Å². The quantitative estimate of drug-likeness (QED) is 0.779. The molecule has 5 heteroatoms. The predicted molar refractivity (Wildman–Crippen MR) is 92.9 cm³/mol. The Labute approximate surface area is 145 Å². The molecule has 0 aromatic heterocycles. The molecule has 2 aromatic carbocycles. The van der Waals surface area contributed by atoms with Gasteiger partial charge in [0.25, 0.3) is 0 Å². The van der Waals surface area contributed by atoms with E-state index < -0.39 is 5.38 Å². The van der Waals surface area contributed by atoms with Gasteiger partial charge in [0, 0.05) is 23.7 Å². The van der Waals surface area contributed by atoms with Gasteiger partial charge in [-0.15, -0.1) is 11.6 Å². The molecule has 1 fully saturated rings. The van der Waals surface area contributed by atoms with Crippen molar-refractivity contribution in [2.45, 2.75) is 5.38 Å². The van der Waals surface area contributed by atoms with Gasteiger partial charge in [0.15, 0.2) is 0 Å². The lowest BCUT2D eigenvalue weighted by molar-refractivity contribution is -0.134. The Morgan fingerprint density at radius 2 is 1.78 bits per heavy atom. The molecule has 0 N–H and O–H groups in total.